The maximum atomic E-state index is 12.8. The summed E-state index contributed by atoms with van der Waals surface area (Å²) in [6.07, 6.45) is 7.42. The molecule has 4 rings (SSSR count). The highest BCUT2D eigenvalue weighted by molar-refractivity contribution is 6.07. The average Bonchev–Trinajstić information content (AvgIpc) is 3.27. The topological polar surface area (TPSA) is 69.7 Å². The molecule has 0 radical (unpaired) electrons. The fourth-order valence-electron chi connectivity index (χ4n) is 5.07. The molecule has 1 saturated heterocycles. The van der Waals surface area contributed by atoms with Crippen molar-refractivity contribution in [2.75, 3.05) is 13.6 Å². The number of carbonyl (C=O) groups is 3. The van der Waals surface area contributed by atoms with Gasteiger partial charge in [0.05, 0.1) is 6.04 Å². The van der Waals surface area contributed by atoms with E-state index in [1.165, 1.54) is 16.0 Å². The summed E-state index contributed by atoms with van der Waals surface area (Å²) in [7, 11) is 1.87. The summed E-state index contributed by atoms with van der Waals surface area (Å²) >= 11 is 0. The average molecular weight is 383 g/mol. The molecule has 2 aliphatic carbocycles. The number of urea groups is 1. The van der Waals surface area contributed by atoms with E-state index in [4.69, 9.17) is 0 Å². The maximum absolute atomic E-state index is 12.8. The highest BCUT2D eigenvalue weighted by atomic mass is 16.2. The molecule has 1 atom stereocenters. The van der Waals surface area contributed by atoms with Crippen LogP contribution in [0, 0.1) is 0 Å². The molecule has 1 aromatic rings. The van der Waals surface area contributed by atoms with Crippen molar-refractivity contribution in [2.24, 2.45) is 0 Å². The van der Waals surface area contributed by atoms with Gasteiger partial charge in [-0.05, 0) is 49.7 Å². The highest BCUT2D eigenvalue weighted by Gasteiger charge is 2.52. The number of hydrogen-bond acceptors (Lipinski definition) is 3. The van der Waals surface area contributed by atoms with E-state index in [0.29, 0.717) is 19.4 Å². The Bertz CT molecular complexity index is 785. The van der Waals surface area contributed by atoms with E-state index in [2.05, 4.69) is 23.5 Å². The lowest BCUT2D eigenvalue weighted by atomic mass is 9.87. The van der Waals surface area contributed by atoms with E-state index in [0.717, 1.165) is 44.9 Å². The van der Waals surface area contributed by atoms with Crippen LogP contribution < -0.4 is 5.32 Å². The van der Waals surface area contributed by atoms with Crippen LogP contribution in [0.25, 0.3) is 0 Å². The summed E-state index contributed by atoms with van der Waals surface area (Å²) in [5, 5.41) is 2.89. The highest BCUT2D eigenvalue weighted by Crippen LogP contribution is 2.36. The first-order valence-corrected chi connectivity index (χ1v) is 10.5. The van der Waals surface area contributed by atoms with Gasteiger partial charge in [-0.2, -0.15) is 0 Å². The van der Waals surface area contributed by atoms with Gasteiger partial charge < -0.3 is 10.2 Å². The second kappa shape index (κ2) is 7.57. The van der Waals surface area contributed by atoms with Gasteiger partial charge in [-0.3, -0.25) is 14.5 Å². The van der Waals surface area contributed by atoms with Crippen LogP contribution in [0.1, 0.15) is 68.5 Å². The van der Waals surface area contributed by atoms with Crippen molar-refractivity contribution in [1.29, 1.82) is 0 Å². The van der Waals surface area contributed by atoms with E-state index >= 15 is 0 Å². The smallest absolute Gasteiger partial charge is 0.325 e. The number of carbonyl (C=O) groups excluding carboxylic acids is 3. The number of amides is 4. The number of imide groups is 1. The Morgan fingerprint density at radius 1 is 1.21 bits per heavy atom. The molecule has 2 fully saturated rings. The van der Waals surface area contributed by atoms with E-state index in [1.54, 1.807) is 0 Å². The molecule has 150 valence electrons. The van der Waals surface area contributed by atoms with Crippen LogP contribution in [0.4, 0.5) is 4.79 Å². The molecule has 0 unspecified atom stereocenters. The van der Waals surface area contributed by atoms with E-state index in [1.807, 2.05) is 18.0 Å². The molecule has 3 aliphatic rings. The number of nitrogens with zero attached hydrogens (tertiary/aromatic N) is 2. The summed E-state index contributed by atoms with van der Waals surface area (Å²) < 4.78 is 0. The minimum absolute atomic E-state index is 0.0735. The summed E-state index contributed by atoms with van der Waals surface area (Å²) in [6.45, 7) is 0.313. The Kier molecular flexibility index (Phi) is 5.13. The molecule has 4 amide bonds. The van der Waals surface area contributed by atoms with Crippen LogP contribution in [0.15, 0.2) is 24.3 Å². The predicted molar refractivity (Wildman–Crippen MR) is 106 cm³/mol. The summed E-state index contributed by atoms with van der Waals surface area (Å²) in [5.41, 5.74) is 1.92. The first kappa shape index (κ1) is 19.0. The summed E-state index contributed by atoms with van der Waals surface area (Å²) in [6, 6.07) is 8.18. The Morgan fingerprint density at radius 3 is 2.75 bits per heavy atom. The summed E-state index contributed by atoms with van der Waals surface area (Å²) in [4.78, 5) is 40.8. The van der Waals surface area contributed by atoms with Crippen LogP contribution in [0.3, 0.4) is 0 Å². The second-order valence-electron chi connectivity index (χ2n) is 8.39. The van der Waals surface area contributed by atoms with Crippen LogP contribution in [-0.2, 0) is 16.0 Å². The Morgan fingerprint density at radius 2 is 1.96 bits per heavy atom. The molecule has 1 spiro atoms. The number of rotatable bonds is 5. The molecule has 0 bridgehead atoms. The van der Waals surface area contributed by atoms with Crippen molar-refractivity contribution >= 4 is 17.8 Å². The van der Waals surface area contributed by atoms with Gasteiger partial charge in [0.1, 0.15) is 5.54 Å². The number of nitrogens with one attached hydrogen (secondary N) is 1. The normalized spacial score (nSPS) is 23.0. The fourth-order valence-corrected chi connectivity index (χ4v) is 5.07. The van der Waals surface area contributed by atoms with Gasteiger partial charge >= 0.3 is 6.03 Å². The number of fused-ring (bicyclic) bond motifs is 1. The van der Waals surface area contributed by atoms with Gasteiger partial charge in [-0.15, -0.1) is 0 Å². The molecule has 28 heavy (non-hydrogen) atoms. The first-order valence-electron chi connectivity index (χ1n) is 10.5. The molecule has 1 saturated carbocycles. The first-order chi connectivity index (χ1) is 13.5. The lowest BCUT2D eigenvalue weighted by molar-refractivity contribution is -0.134. The molecule has 6 heteroatoms. The minimum atomic E-state index is -0.663. The molecule has 6 nitrogen and oxygen atoms in total. The summed E-state index contributed by atoms with van der Waals surface area (Å²) in [5.74, 6) is -0.0265. The van der Waals surface area contributed by atoms with Crippen molar-refractivity contribution in [3.63, 3.8) is 0 Å². The van der Waals surface area contributed by atoms with E-state index < -0.39 is 5.54 Å². The van der Waals surface area contributed by atoms with Crippen LogP contribution in [0.2, 0.25) is 0 Å². The zero-order valence-electron chi connectivity index (χ0n) is 16.6. The van der Waals surface area contributed by atoms with Gasteiger partial charge in [-0.1, -0.05) is 37.1 Å². The largest absolute Gasteiger partial charge is 0.339 e. The molecular formula is C22H29N3O3. The second-order valence-corrected chi connectivity index (χ2v) is 8.39. The van der Waals surface area contributed by atoms with Crippen LogP contribution in [0.5, 0.6) is 0 Å². The third-order valence-corrected chi connectivity index (χ3v) is 6.67. The Balaban J connectivity index is 1.33. The van der Waals surface area contributed by atoms with Crippen molar-refractivity contribution in [3.8, 4) is 0 Å². The van der Waals surface area contributed by atoms with Crippen LogP contribution >= 0.6 is 0 Å². The number of hydrogen-bond donors (Lipinski definition) is 1. The minimum Gasteiger partial charge on any atom is -0.339 e. The lowest BCUT2D eigenvalue weighted by Crippen LogP contribution is -2.44. The SMILES string of the molecule is CN(C(=O)CCCN1C(=O)NC2(CCCC2)C1=O)[C@@H]1CCCc2ccccc21. The lowest BCUT2D eigenvalue weighted by Gasteiger charge is -2.33. The molecule has 1 N–H and O–H groups in total. The van der Waals surface area contributed by atoms with Gasteiger partial charge in [0.25, 0.3) is 5.91 Å². The van der Waals surface area contributed by atoms with Crippen LogP contribution in [-0.4, -0.2) is 46.8 Å². The molecule has 1 aromatic carbocycles. The standard InChI is InChI=1S/C22H29N3O3/c1-24(18-11-6-9-16-8-2-3-10-17(16)18)19(26)12-7-15-25-20(27)22(23-21(25)28)13-4-5-14-22/h2-3,8,10,18H,4-7,9,11-15H2,1H3,(H,23,28)/t18-/m1/s1. The van der Waals surface area contributed by atoms with Gasteiger partial charge in [0, 0.05) is 20.0 Å². The van der Waals surface area contributed by atoms with Crippen molar-refractivity contribution in [3.05, 3.63) is 35.4 Å². The molecule has 1 aliphatic heterocycles. The zero-order chi connectivity index (χ0) is 19.7. The fraction of sp³-hybridized carbons (Fsp3) is 0.591. The van der Waals surface area contributed by atoms with Crippen molar-refractivity contribution in [1.82, 2.24) is 15.1 Å². The molecule has 1 heterocycles. The monoisotopic (exact) mass is 383 g/mol. The third kappa shape index (κ3) is 3.29. The van der Waals surface area contributed by atoms with Crippen molar-refractivity contribution < 1.29 is 14.4 Å². The zero-order valence-corrected chi connectivity index (χ0v) is 16.6. The molecule has 0 aromatic heterocycles. The number of aryl methyl sites for hydroxylation is 1. The Labute approximate surface area is 166 Å². The van der Waals surface area contributed by atoms with Gasteiger partial charge in [-0.25, -0.2) is 4.79 Å². The molecular weight excluding hydrogens is 354 g/mol. The quantitative estimate of drug-likeness (QED) is 0.794. The van der Waals surface area contributed by atoms with Crippen molar-refractivity contribution in [2.45, 2.75) is 69.4 Å². The van der Waals surface area contributed by atoms with Gasteiger partial charge in [0.15, 0.2) is 0 Å². The third-order valence-electron chi connectivity index (χ3n) is 6.67. The van der Waals surface area contributed by atoms with E-state index in [9.17, 15) is 14.4 Å². The van der Waals surface area contributed by atoms with E-state index in [-0.39, 0.29) is 23.9 Å². The van der Waals surface area contributed by atoms with Gasteiger partial charge in [0.2, 0.25) is 5.91 Å². The number of benzene rings is 1. The predicted octanol–water partition coefficient (Wildman–Crippen LogP) is 3.17. The Hall–Kier alpha value is -2.37. The maximum Gasteiger partial charge on any atom is 0.325 e.